The van der Waals surface area contributed by atoms with Gasteiger partial charge in [0.25, 0.3) is 5.91 Å². The van der Waals surface area contributed by atoms with Crippen LogP contribution >= 0.6 is 0 Å². The van der Waals surface area contributed by atoms with Gasteiger partial charge in [0.1, 0.15) is 17.4 Å². The number of hydrogen-bond acceptors (Lipinski definition) is 4. The van der Waals surface area contributed by atoms with Gasteiger partial charge in [-0.1, -0.05) is 42.5 Å². The van der Waals surface area contributed by atoms with E-state index in [-0.39, 0.29) is 5.91 Å². The van der Waals surface area contributed by atoms with Crippen LogP contribution in [0.2, 0.25) is 0 Å². The minimum atomic E-state index is 0.0340. The van der Waals surface area contributed by atoms with Gasteiger partial charge in [-0.25, -0.2) is 0 Å². The second-order valence-electron chi connectivity index (χ2n) is 7.45. The number of furan rings is 1. The smallest absolute Gasteiger partial charge is 0.253 e. The number of fused-ring (bicyclic) bond motifs is 1. The summed E-state index contributed by atoms with van der Waals surface area (Å²) in [5.74, 6) is 2.69. The maximum atomic E-state index is 13.2. The van der Waals surface area contributed by atoms with E-state index >= 15 is 0 Å². The van der Waals surface area contributed by atoms with Gasteiger partial charge in [-0.15, -0.1) is 10.2 Å². The lowest BCUT2D eigenvalue weighted by Crippen LogP contribution is -2.33. The van der Waals surface area contributed by atoms with Crippen molar-refractivity contribution < 1.29 is 9.21 Å². The van der Waals surface area contributed by atoms with Crippen molar-refractivity contribution in [1.29, 1.82) is 0 Å². The maximum absolute atomic E-state index is 13.2. The molecule has 6 nitrogen and oxygen atoms in total. The van der Waals surface area contributed by atoms with E-state index in [0.717, 1.165) is 29.4 Å². The molecule has 3 heterocycles. The molecule has 2 aromatic heterocycles. The first-order chi connectivity index (χ1) is 14.8. The SMILES string of the molecule is O=C(c1cccc(-c2ccco2)c1)N1CCc2nnc(Cc3ccccc3)n2CC1. The maximum Gasteiger partial charge on any atom is 0.253 e. The first kappa shape index (κ1) is 18.4. The fraction of sp³-hybridized carbons (Fsp3) is 0.208. The van der Waals surface area contributed by atoms with Crippen molar-refractivity contribution in [3.8, 4) is 11.3 Å². The second-order valence-corrected chi connectivity index (χ2v) is 7.45. The minimum absolute atomic E-state index is 0.0340. The molecule has 1 aliphatic heterocycles. The molecule has 0 bridgehead atoms. The van der Waals surface area contributed by atoms with E-state index < -0.39 is 0 Å². The van der Waals surface area contributed by atoms with Gasteiger partial charge in [-0.2, -0.15) is 0 Å². The second kappa shape index (κ2) is 7.99. The van der Waals surface area contributed by atoms with Gasteiger partial charge in [0, 0.05) is 43.6 Å². The van der Waals surface area contributed by atoms with E-state index in [1.807, 2.05) is 59.5 Å². The van der Waals surface area contributed by atoms with Crippen LogP contribution in [0.3, 0.4) is 0 Å². The van der Waals surface area contributed by atoms with Gasteiger partial charge >= 0.3 is 0 Å². The van der Waals surface area contributed by atoms with Crippen LogP contribution in [0.1, 0.15) is 27.6 Å². The Balaban J connectivity index is 1.32. The predicted molar refractivity (Wildman–Crippen MR) is 113 cm³/mol. The molecule has 0 aliphatic carbocycles. The number of rotatable bonds is 4. The van der Waals surface area contributed by atoms with Gasteiger partial charge in [-0.05, 0) is 29.8 Å². The average Bonchev–Trinajstić information content (AvgIpc) is 3.40. The number of aromatic nitrogens is 3. The number of nitrogens with zero attached hydrogens (tertiary/aromatic N) is 4. The molecule has 0 radical (unpaired) electrons. The summed E-state index contributed by atoms with van der Waals surface area (Å²) in [5, 5.41) is 8.79. The Labute approximate surface area is 174 Å². The summed E-state index contributed by atoms with van der Waals surface area (Å²) >= 11 is 0. The molecule has 4 aromatic rings. The molecule has 1 amide bonds. The van der Waals surface area contributed by atoms with Crippen LogP contribution in [0.25, 0.3) is 11.3 Å². The zero-order chi connectivity index (χ0) is 20.3. The number of carbonyl (C=O) groups is 1. The molecule has 0 atom stereocenters. The molecule has 150 valence electrons. The van der Waals surface area contributed by atoms with Crippen molar-refractivity contribution in [2.24, 2.45) is 0 Å². The van der Waals surface area contributed by atoms with Crippen LogP contribution in [0.15, 0.2) is 77.4 Å². The molecule has 0 N–H and O–H groups in total. The molecule has 1 aliphatic rings. The standard InChI is InChI=1S/C24H22N4O2/c29-24(20-9-4-8-19(17-20)21-10-5-15-30-21)27-12-11-22-25-26-23(28(22)14-13-27)16-18-6-2-1-3-7-18/h1-10,15,17H,11-14,16H2. The highest BCUT2D eigenvalue weighted by Gasteiger charge is 2.23. The molecule has 0 spiro atoms. The molecule has 6 heteroatoms. The minimum Gasteiger partial charge on any atom is -0.464 e. The summed E-state index contributed by atoms with van der Waals surface area (Å²) in [6.07, 6.45) is 3.08. The normalized spacial score (nSPS) is 13.7. The quantitative estimate of drug-likeness (QED) is 0.524. The Morgan fingerprint density at radius 3 is 2.67 bits per heavy atom. The van der Waals surface area contributed by atoms with Crippen molar-refractivity contribution in [3.63, 3.8) is 0 Å². The summed E-state index contributed by atoms with van der Waals surface area (Å²) < 4.78 is 7.64. The summed E-state index contributed by atoms with van der Waals surface area (Å²) in [4.78, 5) is 15.1. The molecular formula is C24H22N4O2. The molecule has 0 saturated heterocycles. The summed E-state index contributed by atoms with van der Waals surface area (Å²) in [6.45, 7) is 1.97. The Morgan fingerprint density at radius 2 is 1.83 bits per heavy atom. The van der Waals surface area contributed by atoms with Crippen LogP contribution in [0.4, 0.5) is 0 Å². The molecule has 5 rings (SSSR count). The van der Waals surface area contributed by atoms with Gasteiger partial charge in [0.2, 0.25) is 0 Å². The van der Waals surface area contributed by atoms with E-state index in [2.05, 4.69) is 26.9 Å². The van der Waals surface area contributed by atoms with E-state index in [1.165, 1.54) is 5.56 Å². The number of hydrogen-bond donors (Lipinski definition) is 0. The lowest BCUT2D eigenvalue weighted by Gasteiger charge is -2.20. The Morgan fingerprint density at radius 1 is 0.933 bits per heavy atom. The number of amides is 1. The van der Waals surface area contributed by atoms with Gasteiger partial charge in [-0.3, -0.25) is 4.79 Å². The molecule has 0 unspecified atom stereocenters. The van der Waals surface area contributed by atoms with Crippen LogP contribution in [-0.2, 0) is 19.4 Å². The summed E-state index contributed by atoms with van der Waals surface area (Å²) in [7, 11) is 0. The zero-order valence-corrected chi connectivity index (χ0v) is 16.6. The van der Waals surface area contributed by atoms with Crippen LogP contribution in [0.5, 0.6) is 0 Å². The topological polar surface area (TPSA) is 64.2 Å². The van der Waals surface area contributed by atoms with Crippen LogP contribution in [0, 0.1) is 0 Å². The molecule has 0 fully saturated rings. The highest BCUT2D eigenvalue weighted by molar-refractivity contribution is 5.95. The molecule has 30 heavy (non-hydrogen) atoms. The van der Waals surface area contributed by atoms with Gasteiger partial charge in [0.15, 0.2) is 0 Å². The zero-order valence-electron chi connectivity index (χ0n) is 16.6. The Kier molecular flexibility index (Phi) is 4.89. The molecular weight excluding hydrogens is 376 g/mol. The average molecular weight is 398 g/mol. The largest absolute Gasteiger partial charge is 0.464 e. The lowest BCUT2D eigenvalue weighted by atomic mass is 10.1. The third-order valence-corrected chi connectivity index (χ3v) is 5.51. The summed E-state index contributed by atoms with van der Waals surface area (Å²) in [5.41, 5.74) is 2.79. The van der Waals surface area contributed by atoms with Crippen molar-refractivity contribution in [2.45, 2.75) is 19.4 Å². The van der Waals surface area contributed by atoms with Crippen molar-refractivity contribution in [2.75, 3.05) is 13.1 Å². The lowest BCUT2D eigenvalue weighted by molar-refractivity contribution is 0.0758. The van der Waals surface area contributed by atoms with E-state index in [4.69, 9.17) is 4.42 Å². The fourth-order valence-electron chi connectivity index (χ4n) is 3.93. The highest BCUT2D eigenvalue weighted by atomic mass is 16.3. The third-order valence-electron chi connectivity index (χ3n) is 5.51. The van der Waals surface area contributed by atoms with Crippen molar-refractivity contribution >= 4 is 5.91 Å². The van der Waals surface area contributed by atoms with Gasteiger partial charge < -0.3 is 13.9 Å². The van der Waals surface area contributed by atoms with E-state index in [1.54, 1.807) is 6.26 Å². The van der Waals surface area contributed by atoms with Crippen LogP contribution in [-0.4, -0.2) is 38.7 Å². The predicted octanol–water partition coefficient (Wildman–Crippen LogP) is 3.83. The van der Waals surface area contributed by atoms with E-state index in [9.17, 15) is 4.79 Å². The van der Waals surface area contributed by atoms with E-state index in [0.29, 0.717) is 31.6 Å². The molecule has 0 saturated carbocycles. The Hall–Kier alpha value is -3.67. The monoisotopic (exact) mass is 398 g/mol. The number of carbonyl (C=O) groups excluding carboxylic acids is 1. The first-order valence-electron chi connectivity index (χ1n) is 10.2. The van der Waals surface area contributed by atoms with Gasteiger partial charge in [0.05, 0.1) is 6.26 Å². The fourth-order valence-corrected chi connectivity index (χ4v) is 3.93. The Bertz CT molecular complexity index is 1150. The summed E-state index contributed by atoms with van der Waals surface area (Å²) in [6, 6.07) is 21.6. The number of benzene rings is 2. The molecule has 2 aromatic carbocycles. The first-order valence-corrected chi connectivity index (χ1v) is 10.2. The third kappa shape index (κ3) is 3.64. The van der Waals surface area contributed by atoms with Crippen LogP contribution < -0.4 is 0 Å². The highest BCUT2D eigenvalue weighted by Crippen LogP contribution is 2.22. The van der Waals surface area contributed by atoms with Crippen molar-refractivity contribution in [1.82, 2.24) is 19.7 Å². The van der Waals surface area contributed by atoms with Crippen molar-refractivity contribution in [3.05, 3.63) is 95.8 Å².